The number of carboxylic acids is 1. The Morgan fingerprint density at radius 1 is 1.00 bits per heavy atom. The molecule has 1 aromatic heterocycles. The second-order valence-electron chi connectivity index (χ2n) is 7.85. The molecule has 0 unspecified atom stereocenters. The highest BCUT2D eigenvalue weighted by atomic mass is 32.1. The summed E-state index contributed by atoms with van der Waals surface area (Å²) in [6.45, 7) is 6.48. The number of benzene rings is 3. The molecule has 0 amide bonds. The van der Waals surface area contributed by atoms with Crippen LogP contribution in [0.1, 0.15) is 46.7 Å². The van der Waals surface area contributed by atoms with E-state index in [1.165, 1.54) is 32.5 Å². The Balaban J connectivity index is 1.93. The summed E-state index contributed by atoms with van der Waals surface area (Å²) in [5.74, 6) is -0.950. The number of nitrogens with zero attached hydrogens (tertiary/aromatic N) is 1. The smallest absolute Gasteiger partial charge is 0.328 e. The van der Waals surface area contributed by atoms with E-state index in [1.807, 2.05) is 17.6 Å². The van der Waals surface area contributed by atoms with Gasteiger partial charge in [0, 0.05) is 6.08 Å². The van der Waals surface area contributed by atoms with Gasteiger partial charge in [-0.05, 0) is 77.4 Å². The molecular weight excluding hydrogens is 414 g/mol. The molecule has 32 heavy (non-hydrogen) atoms. The van der Waals surface area contributed by atoms with Gasteiger partial charge < -0.3 is 5.11 Å². The van der Waals surface area contributed by atoms with Crippen molar-refractivity contribution >= 4 is 44.7 Å². The maximum Gasteiger partial charge on any atom is 0.328 e. The van der Waals surface area contributed by atoms with Gasteiger partial charge in [0.2, 0.25) is 0 Å². The molecule has 4 aromatic rings. The van der Waals surface area contributed by atoms with E-state index in [2.05, 4.69) is 74.3 Å². The summed E-state index contributed by atoms with van der Waals surface area (Å²) in [5, 5.41) is 8.91. The molecule has 0 spiro atoms. The number of allylic oxidation sites excluding steroid dienone is 1. The second-order valence-corrected chi connectivity index (χ2v) is 8.74. The third kappa shape index (κ3) is 4.56. The standard InChI is InChI=1S/C28H25NO2S/c1-4-23(24-12-5-18(2)15-19(24)3)28(22-11-13-26-25(16-22)29-17-32-26)21-9-6-20(7-10-21)8-14-27(30)31/h5-17H,4H2,1-3H3,(H,30,31). The van der Waals surface area contributed by atoms with Crippen LogP contribution in [-0.4, -0.2) is 16.1 Å². The van der Waals surface area contributed by atoms with Crippen molar-refractivity contribution in [3.63, 3.8) is 0 Å². The maximum atomic E-state index is 10.9. The lowest BCUT2D eigenvalue weighted by atomic mass is 9.86. The average Bonchev–Trinajstić information content (AvgIpc) is 3.25. The van der Waals surface area contributed by atoms with Crippen LogP contribution < -0.4 is 0 Å². The monoisotopic (exact) mass is 439 g/mol. The number of hydrogen-bond acceptors (Lipinski definition) is 3. The highest BCUT2D eigenvalue weighted by molar-refractivity contribution is 7.16. The first-order valence-corrected chi connectivity index (χ1v) is 11.5. The molecule has 1 N–H and O–H groups in total. The summed E-state index contributed by atoms with van der Waals surface area (Å²) >= 11 is 1.65. The lowest BCUT2D eigenvalue weighted by Gasteiger charge is -2.18. The Bertz CT molecular complexity index is 1340. The minimum atomic E-state index is -0.950. The Morgan fingerprint density at radius 2 is 1.75 bits per heavy atom. The minimum absolute atomic E-state index is 0.856. The van der Waals surface area contributed by atoms with Crippen LogP contribution in [0.3, 0.4) is 0 Å². The van der Waals surface area contributed by atoms with Gasteiger partial charge in [-0.1, -0.05) is 61.0 Å². The van der Waals surface area contributed by atoms with Crippen molar-refractivity contribution in [2.75, 3.05) is 0 Å². The van der Waals surface area contributed by atoms with Crippen molar-refractivity contribution in [2.45, 2.75) is 27.2 Å². The Labute approximate surface area is 192 Å². The second kappa shape index (κ2) is 9.33. The van der Waals surface area contributed by atoms with E-state index >= 15 is 0 Å². The zero-order chi connectivity index (χ0) is 22.7. The summed E-state index contributed by atoms with van der Waals surface area (Å²) in [6, 6.07) is 21.2. The van der Waals surface area contributed by atoms with E-state index in [-0.39, 0.29) is 0 Å². The highest BCUT2D eigenvalue weighted by Gasteiger charge is 2.15. The van der Waals surface area contributed by atoms with Crippen LogP contribution in [0, 0.1) is 13.8 Å². The van der Waals surface area contributed by atoms with Crippen LogP contribution in [0.5, 0.6) is 0 Å². The lowest BCUT2D eigenvalue weighted by molar-refractivity contribution is -0.131. The van der Waals surface area contributed by atoms with Crippen LogP contribution in [-0.2, 0) is 4.79 Å². The number of thiazole rings is 1. The van der Waals surface area contributed by atoms with Gasteiger partial charge in [0.1, 0.15) is 0 Å². The van der Waals surface area contributed by atoms with Crippen LogP contribution in [0.25, 0.3) is 27.4 Å². The fourth-order valence-electron chi connectivity index (χ4n) is 4.11. The number of aliphatic carboxylic acids is 1. The Morgan fingerprint density at radius 3 is 2.44 bits per heavy atom. The molecular formula is C28H25NO2S. The van der Waals surface area contributed by atoms with Crippen LogP contribution in [0.15, 0.2) is 72.3 Å². The van der Waals surface area contributed by atoms with Gasteiger partial charge in [-0.15, -0.1) is 11.3 Å². The molecule has 0 aliphatic carbocycles. The number of carboxylic acid groups (broad SMARTS) is 1. The van der Waals surface area contributed by atoms with E-state index in [1.54, 1.807) is 17.4 Å². The van der Waals surface area contributed by atoms with Gasteiger partial charge >= 0.3 is 5.97 Å². The van der Waals surface area contributed by atoms with Gasteiger partial charge in [0.25, 0.3) is 0 Å². The van der Waals surface area contributed by atoms with Gasteiger partial charge in [0.05, 0.1) is 15.7 Å². The van der Waals surface area contributed by atoms with Crippen LogP contribution >= 0.6 is 11.3 Å². The molecule has 1 heterocycles. The van der Waals surface area contributed by atoms with Gasteiger partial charge in [-0.3, -0.25) is 0 Å². The Hall–Kier alpha value is -3.50. The van der Waals surface area contributed by atoms with Gasteiger partial charge in [-0.2, -0.15) is 0 Å². The fourth-order valence-corrected chi connectivity index (χ4v) is 4.77. The van der Waals surface area contributed by atoms with E-state index in [0.717, 1.165) is 34.7 Å². The molecule has 0 radical (unpaired) electrons. The number of hydrogen-bond donors (Lipinski definition) is 1. The molecule has 4 heteroatoms. The molecule has 0 fully saturated rings. The number of fused-ring (bicyclic) bond motifs is 1. The van der Waals surface area contributed by atoms with Crippen LogP contribution in [0.2, 0.25) is 0 Å². The number of carbonyl (C=O) groups is 1. The molecule has 0 saturated heterocycles. The SMILES string of the molecule is CCC(=C(c1ccc(C=CC(=O)O)cc1)c1ccc2scnc2c1)c1ccc(C)cc1C. The van der Waals surface area contributed by atoms with Crippen molar-refractivity contribution in [1.29, 1.82) is 0 Å². The van der Waals surface area contributed by atoms with Crippen molar-refractivity contribution in [1.82, 2.24) is 4.98 Å². The summed E-state index contributed by atoms with van der Waals surface area (Å²) in [4.78, 5) is 15.4. The molecule has 0 atom stereocenters. The number of aromatic nitrogens is 1. The predicted octanol–water partition coefficient (Wildman–Crippen LogP) is 7.38. The minimum Gasteiger partial charge on any atom is -0.478 e. The van der Waals surface area contributed by atoms with E-state index in [9.17, 15) is 4.79 Å². The number of rotatable bonds is 6. The lowest BCUT2D eigenvalue weighted by Crippen LogP contribution is -1.97. The molecule has 0 aliphatic heterocycles. The average molecular weight is 440 g/mol. The van der Waals surface area contributed by atoms with E-state index in [0.29, 0.717) is 0 Å². The largest absolute Gasteiger partial charge is 0.478 e. The van der Waals surface area contributed by atoms with Crippen molar-refractivity contribution in [3.8, 4) is 0 Å². The third-order valence-electron chi connectivity index (χ3n) is 5.60. The first-order valence-electron chi connectivity index (χ1n) is 10.6. The summed E-state index contributed by atoms with van der Waals surface area (Å²) in [6.07, 6.45) is 3.66. The fraction of sp³-hybridized carbons (Fsp3) is 0.143. The first kappa shape index (κ1) is 21.7. The quantitative estimate of drug-likeness (QED) is 0.252. The summed E-state index contributed by atoms with van der Waals surface area (Å²) in [7, 11) is 0. The maximum absolute atomic E-state index is 10.9. The van der Waals surface area contributed by atoms with Crippen LogP contribution in [0.4, 0.5) is 0 Å². The van der Waals surface area contributed by atoms with Crippen molar-refractivity contribution < 1.29 is 9.90 Å². The number of aryl methyl sites for hydroxylation is 2. The normalized spacial score (nSPS) is 12.3. The molecule has 3 aromatic carbocycles. The van der Waals surface area contributed by atoms with Crippen molar-refractivity contribution in [2.24, 2.45) is 0 Å². The molecule has 3 nitrogen and oxygen atoms in total. The van der Waals surface area contributed by atoms with E-state index < -0.39 is 5.97 Å². The van der Waals surface area contributed by atoms with E-state index in [4.69, 9.17) is 5.11 Å². The summed E-state index contributed by atoms with van der Waals surface area (Å²) < 4.78 is 1.17. The zero-order valence-electron chi connectivity index (χ0n) is 18.4. The first-order chi connectivity index (χ1) is 15.5. The third-order valence-corrected chi connectivity index (χ3v) is 6.41. The molecule has 0 saturated carbocycles. The topological polar surface area (TPSA) is 50.2 Å². The summed E-state index contributed by atoms with van der Waals surface area (Å²) in [5.41, 5.74) is 12.2. The Kier molecular flexibility index (Phi) is 6.33. The molecule has 0 aliphatic rings. The van der Waals surface area contributed by atoms with Gasteiger partial charge in [-0.25, -0.2) is 9.78 Å². The molecule has 4 rings (SSSR count). The van der Waals surface area contributed by atoms with Crippen molar-refractivity contribution in [3.05, 3.63) is 106 Å². The van der Waals surface area contributed by atoms with Gasteiger partial charge in [0.15, 0.2) is 0 Å². The highest BCUT2D eigenvalue weighted by Crippen LogP contribution is 2.37. The predicted molar refractivity (Wildman–Crippen MR) is 135 cm³/mol. The molecule has 0 bridgehead atoms. The molecule has 160 valence electrons. The zero-order valence-corrected chi connectivity index (χ0v) is 19.2.